The van der Waals surface area contributed by atoms with Crippen molar-refractivity contribution in [3.05, 3.63) is 12.5 Å². The molecule has 7 nitrogen and oxygen atoms in total. The first-order valence-electron chi connectivity index (χ1n) is 6.12. The molecule has 0 aliphatic heterocycles. The molecule has 0 aromatic heterocycles. The van der Waals surface area contributed by atoms with Gasteiger partial charge in [-0.05, 0) is 0 Å². The highest BCUT2D eigenvalue weighted by Gasteiger charge is 1.99. The Kier molecular flexibility index (Phi) is 13.7. The largest absolute Gasteiger partial charge is 0.501 e. The fourth-order valence-electron chi connectivity index (χ4n) is 0.996. The second-order valence-electron chi connectivity index (χ2n) is 3.36. The van der Waals surface area contributed by atoms with Crippen LogP contribution in [0.3, 0.4) is 0 Å². The molecule has 0 amide bonds. The monoisotopic (exact) mass is 277 g/mol. The zero-order valence-electron chi connectivity index (χ0n) is 11.3. The summed E-state index contributed by atoms with van der Waals surface area (Å²) in [6, 6.07) is 0. The summed E-state index contributed by atoms with van der Waals surface area (Å²) >= 11 is 0. The Morgan fingerprint density at radius 1 is 1.00 bits per heavy atom. The van der Waals surface area contributed by atoms with Gasteiger partial charge in [0, 0.05) is 6.54 Å². The van der Waals surface area contributed by atoms with Crippen molar-refractivity contribution in [3.8, 4) is 0 Å². The molecule has 0 aromatic carbocycles. The minimum atomic E-state index is -0.302. The summed E-state index contributed by atoms with van der Waals surface area (Å²) in [4.78, 5) is 10.9. The molecule has 0 fully saturated rings. The Morgan fingerprint density at radius 2 is 1.63 bits per heavy atom. The van der Waals surface area contributed by atoms with Crippen LogP contribution in [0.4, 0.5) is 0 Å². The van der Waals surface area contributed by atoms with Gasteiger partial charge in [-0.3, -0.25) is 4.79 Å². The molecule has 112 valence electrons. The Hall–Kier alpha value is -1.31. The molecule has 0 unspecified atom stereocenters. The minimum Gasteiger partial charge on any atom is -0.501 e. The molecule has 0 spiro atoms. The standard InChI is InChI=1S/C12H23NO6/c1-15-4-5-16-6-7-17-8-9-18-10-11-19-12(14)2-3-13/h4-5H,2-3,6-11,13H2,1H3. The second-order valence-corrected chi connectivity index (χ2v) is 3.36. The first-order valence-corrected chi connectivity index (χ1v) is 6.12. The van der Waals surface area contributed by atoms with E-state index in [0.29, 0.717) is 39.6 Å². The topological polar surface area (TPSA) is 89.2 Å². The van der Waals surface area contributed by atoms with Gasteiger partial charge in [-0.15, -0.1) is 0 Å². The number of carbonyl (C=O) groups is 1. The lowest BCUT2D eigenvalue weighted by atomic mass is 10.4. The van der Waals surface area contributed by atoms with Gasteiger partial charge in [0.05, 0.1) is 40.0 Å². The zero-order chi connectivity index (χ0) is 14.2. The highest BCUT2D eigenvalue weighted by Crippen LogP contribution is 1.86. The van der Waals surface area contributed by atoms with Gasteiger partial charge in [0.1, 0.15) is 25.7 Å². The van der Waals surface area contributed by atoms with E-state index in [4.69, 9.17) is 24.7 Å². The Labute approximate surface area is 113 Å². The number of ether oxygens (including phenoxy) is 5. The maximum absolute atomic E-state index is 10.9. The molecule has 0 saturated carbocycles. The average Bonchev–Trinajstić information content (AvgIpc) is 2.40. The SMILES string of the molecule is COC=COCCOCCOCCOC(=O)CCN. The van der Waals surface area contributed by atoms with E-state index >= 15 is 0 Å². The number of carbonyl (C=O) groups excluding carboxylic acids is 1. The number of hydrogen-bond acceptors (Lipinski definition) is 7. The van der Waals surface area contributed by atoms with Crippen LogP contribution < -0.4 is 5.73 Å². The highest BCUT2D eigenvalue weighted by atomic mass is 16.6. The molecule has 19 heavy (non-hydrogen) atoms. The van der Waals surface area contributed by atoms with E-state index in [1.807, 2.05) is 0 Å². The van der Waals surface area contributed by atoms with Crippen molar-refractivity contribution in [3.63, 3.8) is 0 Å². The summed E-state index contributed by atoms with van der Waals surface area (Å²) in [6.45, 7) is 2.74. The van der Waals surface area contributed by atoms with Crippen molar-refractivity contribution in [2.24, 2.45) is 5.73 Å². The van der Waals surface area contributed by atoms with Gasteiger partial charge >= 0.3 is 5.97 Å². The van der Waals surface area contributed by atoms with E-state index < -0.39 is 0 Å². The van der Waals surface area contributed by atoms with Crippen molar-refractivity contribution in [1.82, 2.24) is 0 Å². The molecule has 0 radical (unpaired) electrons. The third-order valence-electron chi connectivity index (χ3n) is 1.84. The summed E-state index contributed by atoms with van der Waals surface area (Å²) < 4.78 is 24.9. The van der Waals surface area contributed by atoms with Crippen molar-refractivity contribution in [2.75, 3.05) is 53.3 Å². The van der Waals surface area contributed by atoms with E-state index in [2.05, 4.69) is 4.74 Å². The molecule has 7 heteroatoms. The van der Waals surface area contributed by atoms with Crippen molar-refractivity contribution < 1.29 is 28.5 Å². The predicted molar refractivity (Wildman–Crippen MR) is 68.4 cm³/mol. The average molecular weight is 277 g/mol. The number of rotatable bonds is 13. The summed E-state index contributed by atoms with van der Waals surface area (Å²) in [5.74, 6) is -0.302. The van der Waals surface area contributed by atoms with Crippen LogP contribution in [0.25, 0.3) is 0 Å². The fourth-order valence-corrected chi connectivity index (χ4v) is 0.996. The second kappa shape index (κ2) is 14.7. The zero-order valence-corrected chi connectivity index (χ0v) is 11.3. The van der Waals surface area contributed by atoms with E-state index in [0.717, 1.165) is 0 Å². The minimum absolute atomic E-state index is 0.237. The molecule has 0 heterocycles. The third-order valence-corrected chi connectivity index (χ3v) is 1.84. The summed E-state index contributed by atoms with van der Waals surface area (Å²) in [6.07, 6.45) is 3.13. The van der Waals surface area contributed by atoms with Crippen LogP contribution in [0, 0.1) is 0 Å². The Morgan fingerprint density at radius 3 is 2.26 bits per heavy atom. The lowest BCUT2D eigenvalue weighted by molar-refractivity contribution is -0.145. The first-order chi connectivity index (χ1) is 9.31. The molecule has 0 bridgehead atoms. The molecule has 0 saturated heterocycles. The van der Waals surface area contributed by atoms with E-state index in [9.17, 15) is 4.79 Å². The molecule has 0 aromatic rings. The first kappa shape index (κ1) is 17.7. The van der Waals surface area contributed by atoms with Crippen LogP contribution >= 0.6 is 0 Å². The number of esters is 1. The van der Waals surface area contributed by atoms with Crippen molar-refractivity contribution in [1.29, 1.82) is 0 Å². The molecule has 0 rings (SSSR count). The van der Waals surface area contributed by atoms with Crippen LogP contribution in [0.1, 0.15) is 6.42 Å². The van der Waals surface area contributed by atoms with E-state index in [-0.39, 0.29) is 19.0 Å². The summed E-state index contributed by atoms with van der Waals surface area (Å²) in [7, 11) is 1.54. The van der Waals surface area contributed by atoms with Gasteiger partial charge in [0.2, 0.25) is 0 Å². The number of hydrogen-bond donors (Lipinski definition) is 1. The maximum atomic E-state index is 10.9. The lowest BCUT2D eigenvalue weighted by Gasteiger charge is -2.06. The van der Waals surface area contributed by atoms with Gasteiger partial charge in [0.15, 0.2) is 0 Å². The van der Waals surface area contributed by atoms with Crippen LogP contribution in [-0.4, -0.2) is 59.3 Å². The quantitative estimate of drug-likeness (QED) is 0.289. The smallest absolute Gasteiger partial charge is 0.307 e. The fraction of sp³-hybridized carbons (Fsp3) is 0.750. The third kappa shape index (κ3) is 14.6. The van der Waals surface area contributed by atoms with Crippen LogP contribution in [0.15, 0.2) is 12.5 Å². The summed E-state index contributed by atoms with van der Waals surface area (Å²) in [5.41, 5.74) is 5.20. The van der Waals surface area contributed by atoms with Gasteiger partial charge in [0.25, 0.3) is 0 Å². The van der Waals surface area contributed by atoms with Crippen LogP contribution in [-0.2, 0) is 28.5 Å². The highest BCUT2D eigenvalue weighted by molar-refractivity contribution is 5.69. The van der Waals surface area contributed by atoms with Gasteiger partial charge in [-0.2, -0.15) is 0 Å². The van der Waals surface area contributed by atoms with Gasteiger partial charge in [-0.25, -0.2) is 0 Å². The number of methoxy groups -OCH3 is 1. The normalized spacial score (nSPS) is 10.6. The number of nitrogens with two attached hydrogens (primary N) is 1. The van der Waals surface area contributed by atoms with Crippen LogP contribution in [0.2, 0.25) is 0 Å². The molecular formula is C12H23NO6. The van der Waals surface area contributed by atoms with E-state index in [1.165, 1.54) is 12.5 Å². The molecule has 2 N–H and O–H groups in total. The van der Waals surface area contributed by atoms with Crippen molar-refractivity contribution in [2.45, 2.75) is 6.42 Å². The van der Waals surface area contributed by atoms with Crippen LogP contribution in [0.5, 0.6) is 0 Å². The van der Waals surface area contributed by atoms with Gasteiger partial charge < -0.3 is 29.4 Å². The Balaban J connectivity index is 3.06. The predicted octanol–water partition coefficient (Wildman–Crippen LogP) is 0.0458. The summed E-state index contributed by atoms with van der Waals surface area (Å²) in [5, 5.41) is 0. The van der Waals surface area contributed by atoms with Gasteiger partial charge in [-0.1, -0.05) is 0 Å². The maximum Gasteiger partial charge on any atom is 0.307 e. The molecule has 0 aliphatic rings. The molecule has 0 aliphatic carbocycles. The van der Waals surface area contributed by atoms with Crippen molar-refractivity contribution >= 4 is 5.97 Å². The molecular weight excluding hydrogens is 254 g/mol. The lowest BCUT2D eigenvalue weighted by Crippen LogP contribution is -2.15. The Bertz CT molecular complexity index is 234. The van der Waals surface area contributed by atoms with E-state index in [1.54, 1.807) is 7.11 Å². The molecule has 0 atom stereocenters.